The summed E-state index contributed by atoms with van der Waals surface area (Å²) in [4.78, 5) is 37.0. The van der Waals surface area contributed by atoms with E-state index in [0.29, 0.717) is 22.6 Å². The van der Waals surface area contributed by atoms with Gasteiger partial charge < -0.3 is 14.8 Å². The summed E-state index contributed by atoms with van der Waals surface area (Å²) in [6.07, 6.45) is 1.28. The summed E-state index contributed by atoms with van der Waals surface area (Å²) in [7, 11) is 0. The maximum absolute atomic E-state index is 12.8. The highest BCUT2D eigenvalue weighted by Gasteiger charge is 2.24. The molecule has 2 amide bonds. The van der Waals surface area contributed by atoms with Crippen molar-refractivity contribution in [1.82, 2.24) is 15.5 Å². The minimum Gasteiger partial charge on any atom is -0.454 e. The molecule has 162 valence electrons. The van der Waals surface area contributed by atoms with Gasteiger partial charge in [-0.15, -0.1) is 10.2 Å². The van der Waals surface area contributed by atoms with E-state index in [2.05, 4.69) is 25.7 Å². The highest BCUT2D eigenvalue weighted by Crippen LogP contribution is 2.32. The van der Waals surface area contributed by atoms with E-state index in [4.69, 9.17) is 21.1 Å². The van der Waals surface area contributed by atoms with Crippen molar-refractivity contribution in [2.75, 3.05) is 6.79 Å². The lowest BCUT2D eigenvalue weighted by atomic mass is 10.0. The number of hydrogen-bond donors (Lipinski definition) is 2. The predicted molar refractivity (Wildman–Crippen MR) is 113 cm³/mol. The minimum absolute atomic E-state index is 0.0695. The molecule has 1 aliphatic heterocycles. The van der Waals surface area contributed by atoms with Crippen molar-refractivity contribution in [3.05, 3.63) is 81.2 Å². The number of aromatic nitrogens is 2. The summed E-state index contributed by atoms with van der Waals surface area (Å²) < 4.78 is 10.7. The van der Waals surface area contributed by atoms with Gasteiger partial charge in [0.1, 0.15) is 16.8 Å². The van der Waals surface area contributed by atoms with Crippen LogP contribution in [0, 0.1) is 0 Å². The van der Waals surface area contributed by atoms with Crippen LogP contribution in [0.15, 0.2) is 69.8 Å². The number of fused-ring (bicyclic) bond motifs is 1. The Balaban J connectivity index is 1.58. The highest BCUT2D eigenvalue weighted by molar-refractivity contribution is 6.32. The number of azo groups is 1. The molecular weight excluding hydrogens is 438 g/mol. The number of rotatable bonds is 6. The first-order valence-electron chi connectivity index (χ1n) is 9.44. The van der Waals surface area contributed by atoms with E-state index < -0.39 is 23.4 Å². The van der Waals surface area contributed by atoms with Crippen molar-refractivity contribution >= 4 is 29.1 Å². The molecule has 0 bridgehead atoms. The second-order valence-corrected chi connectivity index (χ2v) is 7.10. The highest BCUT2D eigenvalue weighted by atomic mass is 35.5. The minimum atomic E-state index is -1.04. The van der Waals surface area contributed by atoms with Crippen molar-refractivity contribution < 1.29 is 19.1 Å². The van der Waals surface area contributed by atoms with Gasteiger partial charge in [0.05, 0.1) is 6.20 Å². The molecule has 11 heteroatoms. The van der Waals surface area contributed by atoms with Gasteiger partial charge in [0.15, 0.2) is 11.5 Å². The summed E-state index contributed by atoms with van der Waals surface area (Å²) in [6, 6.07) is 12.6. The molecule has 0 saturated heterocycles. The van der Waals surface area contributed by atoms with Crippen molar-refractivity contribution in [2.45, 2.75) is 12.5 Å². The number of halogens is 1. The van der Waals surface area contributed by atoms with Gasteiger partial charge in [-0.25, -0.2) is 5.10 Å². The zero-order chi connectivity index (χ0) is 22.5. The molecule has 1 atom stereocenters. The number of carbonyl (C=O) groups is 2. The summed E-state index contributed by atoms with van der Waals surface area (Å²) in [6.45, 7) is 0.116. The number of aromatic amines is 1. The maximum Gasteiger partial charge on any atom is 0.287 e. The van der Waals surface area contributed by atoms with Crippen LogP contribution < -0.4 is 20.3 Å². The molecule has 1 aromatic heterocycles. The first-order chi connectivity index (χ1) is 15.5. The molecule has 2 heterocycles. The van der Waals surface area contributed by atoms with E-state index >= 15 is 0 Å². The molecule has 2 aromatic carbocycles. The van der Waals surface area contributed by atoms with Crippen molar-refractivity contribution in [3.8, 4) is 11.5 Å². The lowest BCUT2D eigenvalue weighted by Crippen LogP contribution is -2.41. The SMILES string of the molecule is O=C(NC(Cc1ccc2c(c1)OCO2)C(=O)N=Nc1cn[nH]c(=O)c1Cl)c1ccccc1. The Morgan fingerprint density at radius 2 is 1.94 bits per heavy atom. The Kier molecular flexibility index (Phi) is 6.22. The van der Waals surface area contributed by atoms with Crippen molar-refractivity contribution in [1.29, 1.82) is 0 Å². The van der Waals surface area contributed by atoms with Gasteiger partial charge in [-0.2, -0.15) is 5.10 Å². The number of H-pyrrole nitrogens is 1. The molecular formula is C21H16ClN5O5. The Labute approximate surface area is 186 Å². The zero-order valence-corrected chi connectivity index (χ0v) is 17.2. The fourth-order valence-corrected chi connectivity index (χ4v) is 3.08. The maximum atomic E-state index is 12.8. The molecule has 4 rings (SSSR count). The van der Waals surface area contributed by atoms with E-state index in [1.165, 1.54) is 0 Å². The summed E-state index contributed by atoms with van der Waals surface area (Å²) >= 11 is 5.86. The van der Waals surface area contributed by atoms with Crippen molar-refractivity contribution in [2.24, 2.45) is 10.2 Å². The van der Waals surface area contributed by atoms with Gasteiger partial charge in [-0.1, -0.05) is 35.9 Å². The summed E-state index contributed by atoms with van der Waals surface area (Å²) in [5, 5.41) is 15.5. The average molecular weight is 454 g/mol. The third kappa shape index (κ3) is 4.81. The Hall–Kier alpha value is -4.05. The predicted octanol–water partition coefficient (Wildman–Crippen LogP) is 2.80. The van der Waals surface area contributed by atoms with Gasteiger partial charge >= 0.3 is 0 Å². The van der Waals surface area contributed by atoms with Crippen LogP contribution in [0.4, 0.5) is 5.69 Å². The van der Waals surface area contributed by atoms with Crippen molar-refractivity contribution in [3.63, 3.8) is 0 Å². The number of benzene rings is 2. The molecule has 10 nitrogen and oxygen atoms in total. The van der Waals surface area contributed by atoms with E-state index in [1.54, 1.807) is 48.5 Å². The monoisotopic (exact) mass is 453 g/mol. The molecule has 3 aromatic rings. The molecule has 0 aliphatic carbocycles. The normalized spacial score (nSPS) is 13.2. The third-order valence-corrected chi connectivity index (χ3v) is 4.91. The molecule has 32 heavy (non-hydrogen) atoms. The van der Waals surface area contributed by atoms with E-state index in [-0.39, 0.29) is 23.9 Å². The van der Waals surface area contributed by atoms with Crippen LogP contribution in [0.3, 0.4) is 0 Å². The van der Waals surface area contributed by atoms with Crippen LogP contribution in [0.2, 0.25) is 5.02 Å². The second-order valence-electron chi connectivity index (χ2n) is 6.72. The topological polar surface area (TPSA) is 135 Å². The van der Waals surface area contributed by atoms with Crippen LogP contribution in [0.25, 0.3) is 0 Å². The first-order valence-corrected chi connectivity index (χ1v) is 9.82. The van der Waals surface area contributed by atoms with Crippen LogP contribution in [-0.4, -0.2) is 34.8 Å². The molecule has 0 spiro atoms. The standard InChI is InChI=1S/C21H16ClN5O5/c22-18-15(10-23-26-21(18)30)25-27-20(29)14(24-19(28)13-4-2-1-3-5-13)8-12-6-7-16-17(9-12)32-11-31-16/h1-7,9-10,14H,8,11H2,(H,24,28)(H,26,30). The number of hydrogen-bond acceptors (Lipinski definition) is 7. The Bertz CT molecular complexity index is 1240. The first kappa shape index (κ1) is 21.2. The Morgan fingerprint density at radius 3 is 2.75 bits per heavy atom. The lowest BCUT2D eigenvalue weighted by Gasteiger charge is -2.15. The zero-order valence-electron chi connectivity index (χ0n) is 16.4. The van der Waals surface area contributed by atoms with Crippen LogP contribution in [0.5, 0.6) is 11.5 Å². The van der Waals surface area contributed by atoms with Crippen LogP contribution in [-0.2, 0) is 11.2 Å². The Morgan fingerprint density at radius 1 is 1.16 bits per heavy atom. The van der Waals surface area contributed by atoms with Gasteiger partial charge in [-0.05, 0) is 29.8 Å². The second kappa shape index (κ2) is 9.40. The molecule has 0 saturated carbocycles. The molecule has 0 radical (unpaired) electrons. The molecule has 1 unspecified atom stereocenters. The van der Waals surface area contributed by atoms with E-state index in [9.17, 15) is 14.4 Å². The third-order valence-electron chi connectivity index (χ3n) is 4.55. The van der Waals surface area contributed by atoms with Crippen LogP contribution in [0.1, 0.15) is 15.9 Å². The molecule has 0 fully saturated rings. The number of nitrogens with zero attached hydrogens (tertiary/aromatic N) is 3. The number of amides is 2. The van der Waals surface area contributed by atoms with Gasteiger partial charge in [0, 0.05) is 12.0 Å². The number of ether oxygens (including phenoxy) is 2. The van der Waals surface area contributed by atoms with Gasteiger partial charge in [-0.3, -0.25) is 14.4 Å². The van der Waals surface area contributed by atoms with Gasteiger partial charge in [0.25, 0.3) is 17.4 Å². The smallest absolute Gasteiger partial charge is 0.287 e. The summed E-state index contributed by atoms with van der Waals surface area (Å²) in [5.74, 6) is -0.0359. The fraction of sp³-hybridized carbons (Fsp3) is 0.143. The van der Waals surface area contributed by atoms with E-state index in [0.717, 1.165) is 6.20 Å². The largest absolute Gasteiger partial charge is 0.454 e. The fourth-order valence-electron chi connectivity index (χ4n) is 2.95. The quantitative estimate of drug-likeness (QED) is 0.551. The molecule has 2 N–H and O–H groups in total. The van der Waals surface area contributed by atoms with E-state index in [1.807, 2.05) is 0 Å². The number of nitrogens with one attached hydrogen (secondary N) is 2. The average Bonchev–Trinajstić information content (AvgIpc) is 3.28. The number of carbonyl (C=O) groups excluding carboxylic acids is 2. The van der Waals surface area contributed by atoms with Crippen LogP contribution >= 0.6 is 11.6 Å². The van der Waals surface area contributed by atoms with Gasteiger partial charge in [0.2, 0.25) is 6.79 Å². The molecule has 1 aliphatic rings. The lowest BCUT2D eigenvalue weighted by molar-refractivity contribution is -0.120. The summed E-state index contributed by atoms with van der Waals surface area (Å²) in [5.41, 5.74) is 0.367.